The summed E-state index contributed by atoms with van der Waals surface area (Å²) in [6.07, 6.45) is 10.0. The highest BCUT2D eigenvalue weighted by molar-refractivity contribution is 7.80. The molecule has 0 unspecified atom stereocenters. The molecule has 1 aromatic carbocycles. The Hall–Kier alpha value is -3.14. The Labute approximate surface area is 219 Å². The number of carboxylic acid groups (broad SMARTS) is 1. The van der Waals surface area contributed by atoms with Gasteiger partial charge in [-0.05, 0) is 62.7 Å². The fraction of sp³-hybridized carbons (Fsp3) is 0.519. The molecule has 2 heterocycles. The molecule has 1 aromatic heterocycles. The highest BCUT2D eigenvalue weighted by Gasteiger charge is 2.38. The number of anilines is 1. The van der Waals surface area contributed by atoms with E-state index in [0.717, 1.165) is 24.4 Å². The average molecular weight is 527 g/mol. The molecule has 3 aliphatic carbocycles. The van der Waals surface area contributed by atoms with E-state index in [1.54, 1.807) is 4.57 Å². The maximum Gasteiger partial charge on any atom is 0.341 e. The van der Waals surface area contributed by atoms with Crippen molar-refractivity contribution in [2.24, 2.45) is 11.8 Å². The summed E-state index contributed by atoms with van der Waals surface area (Å²) in [5, 5.41) is 13.9. The number of fused-ring (bicyclic) bond motifs is 3. The molecular weight excluding hydrogens is 495 g/mol. The van der Waals surface area contributed by atoms with Gasteiger partial charge in [0.25, 0.3) is 0 Å². The van der Waals surface area contributed by atoms with Gasteiger partial charge in [-0.3, -0.25) is 4.79 Å². The van der Waals surface area contributed by atoms with Crippen LogP contribution in [0.3, 0.4) is 0 Å². The maximum atomic E-state index is 15.7. The van der Waals surface area contributed by atoms with Crippen LogP contribution in [0, 0.1) is 17.7 Å². The Bertz CT molecular complexity index is 1390. The zero-order chi connectivity index (χ0) is 26.0. The summed E-state index contributed by atoms with van der Waals surface area (Å²) in [4.78, 5) is 28.8. The summed E-state index contributed by atoms with van der Waals surface area (Å²) in [5.41, 5.74) is -0.306. The highest BCUT2D eigenvalue weighted by atomic mass is 32.1. The smallest absolute Gasteiger partial charge is 0.341 e. The van der Waals surface area contributed by atoms with E-state index in [4.69, 9.17) is 17.0 Å². The minimum Gasteiger partial charge on any atom is -0.492 e. The first-order valence-electron chi connectivity index (χ1n) is 13.0. The highest BCUT2D eigenvalue weighted by Crippen LogP contribution is 2.44. The number of allylic oxidation sites excluding steroid dienone is 1. The van der Waals surface area contributed by atoms with Crippen LogP contribution in [0.25, 0.3) is 10.9 Å². The van der Waals surface area contributed by atoms with Crippen molar-refractivity contribution in [3.63, 3.8) is 0 Å². The van der Waals surface area contributed by atoms with Gasteiger partial charge in [-0.2, -0.15) is 0 Å². The topological polar surface area (TPSA) is 87.0 Å². The molecule has 0 radical (unpaired) electrons. The number of methoxy groups -OCH3 is 1. The van der Waals surface area contributed by atoms with Crippen molar-refractivity contribution in [1.29, 1.82) is 0 Å². The van der Waals surface area contributed by atoms with Crippen molar-refractivity contribution >= 4 is 39.9 Å². The van der Waals surface area contributed by atoms with Crippen LogP contribution < -0.4 is 20.4 Å². The predicted molar refractivity (Wildman–Crippen MR) is 143 cm³/mol. The molecule has 6 rings (SSSR count). The number of nitrogens with zero attached hydrogens (tertiary/aromatic N) is 3. The largest absolute Gasteiger partial charge is 0.492 e. The lowest BCUT2D eigenvalue weighted by molar-refractivity contribution is 0.0694. The summed E-state index contributed by atoms with van der Waals surface area (Å²) in [5.74, 6) is -0.447. The second-order valence-electron chi connectivity index (χ2n) is 10.8. The number of carbonyl (C=O) groups is 1. The molecule has 0 amide bonds. The predicted octanol–water partition coefficient (Wildman–Crippen LogP) is 3.53. The van der Waals surface area contributed by atoms with Crippen LogP contribution in [0.2, 0.25) is 0 Å². The number of nitrogens with one attached hydrogen (secondary N) is 1. The van der Waals surface area contributed by atoms with Crippen LogP contribution >= 0.6 is 12.2 Å². The molecule has 2 bridgehead atoms. The van der Waals surface area contributed by atoms with E-state index in [-0.39, 0.29) is 28.8 Å². The van der Waals surface area contributed by atoms with Crippen LogP contribution in [0.5, 0.6) is 5.75 Å². The monoisotopic (exact) mass is 526 g/mol. The van der Waals surface area contributed by atoms with Crippen LogP contribution in [-0.4, -0.2) is 64.5 Å². The van der Waals surface area contributed by atoms with Gasteiger partial charge in [0.15, 0.2) is 16.7 Å². The van der Waals surface area contributed by atoms with Crippen molar-refractivity contribution in [2.75, 3.05) is 31.6 Å². The van der Waals surface area contributed by atoms with Gasteiger partial charge < -0.3 is 29.5 Å². The summed E-state index contributed by atoms with van der Waals surface area (Å²) < 4.78 is 23.2. The van der Waals surface area contributed by atoms with Crippen LogP contribution in [0.4, 0.5) is 10.1 Å². The lowest BCUT2D eigenvalue weighted by atomic mass is 10.0. The third-order valence-electron chi connectivity index (χ3n) is 8.37. The van der Waals surface area contributed by atoms with Crippen molar-refractivity contribution in [3.8, 4) is 5.75 Å². The van der Waals surface area contributed by atoms with Gasteiger partial charge in [-0.25, -0.2) is 9.18 Å². The first-order chi connectivity index (χ1) is 17.8. The molecule has 4 atom stereocenters. The third-order valence-corrected chi connectivity index (χ3v) is 8.72. The Morgan fingerprint density at radius 2 is 2.03 bits per heavy atom. The summed E-state index contributed by atoms with van der Waals surface area (Å²) in [6.45, 7) is 3.75. The van der Waals surface area contributed by atoms with E-state index in [9.17, 15) is 14.7 Å². The number of halogens is 1. The molecule has 1 aliphatic heterocycles. The number of piperazine rings is 1. The summed E-state index contributed by atoms with van der Waals surface area (Å²) in [7, 11) is 1.47. The zero-order valence-corrected chi connectivity index (χ0v) is 21.8. The fourth-order valence-corrected chi connectivity index (χ4v) is 6.80. The first-order valence-corrected chi connectivity index (χ1v) is 13.4. The average Bonchev–Trinajstić information content (AvgIpc) is 3.50. The number of aromatic nitrogens is 1. The minimum absolute atomic E-state index is 0.0295. The molecule has 8 nitrogen and oxygen atoms in total. The van der Waals surface area contributed by atoms with Crippen LogP contribution in [-0.2, 0) is 0 Å². The van der Waals surface area contributed by atoms with Crippen molar-refractivity contribution in [2.45, 2.75) is 50.7 Å². The summed E-state index contributed by atoms with van der Waals surface area (Å²) >= 11 is 5.78. The molecule has 2 aromatic rings. The molecule has 2 saturated carbocycles. The molecule has 4 aliphatic rings. The fourth-order valence-electron chi connectivity index (χ4n) is 6.37. The Kier molecular flexibility index (Phi) is 5.89. The Morgan fingerprint density at radius 1 is 1.24 bits per heavy atom. The molecule has 0 spiro atoms. The van der Waals surface area contributed by atoms with Gasteiger partial charge in [0.1, 0.15) is 11.3 Å². The Balaban J connectivity index is 1.31. The van der Waals surface area contributed by atoms with Gasteiger partial charge >= 0.3 is 5.97 Å². The van der Waals surface area contributed by atoms with Crippen molar-refractivity contribution < 1.29 is 19.0 Å². The number of benzene rings is 1. The molecule has 1 saturated heterocycles. The number of rotatable bonds is 5. The minimum atomic E-state index is -1.32. The van der Waals surface area contributed by atoms with E-state index in [1.165, 1.54) is 25.8 Å². The number of aromatic carboxylic acids is 1. The molecule has 196 valence electrons. The van der Waals surface area contributed by atoms with Crippen LogP contribution in [0.1, 0.15) is 49.0 Å². The van der Waals surface area contributed by atoms with Crippen molar-refractivity contribution in [1.82, 2.24) is 14.8 Å². The van der Waals surface area contributed by atoms with Gasteiger partial charge in [0, 0.05) is 44.0 Å². The number of hydrogen-bond donors (Lipinski definition) is 2. The molecule has 3 fully saturated rings. The summed E-state index contributed by atoms with van der Waals surface area (Å²) in [6, 6.07) is 1.64. The van der Waals surface area contributed by atoms with Gasteiger partial charge in [0.05, 0.1) is 18.0 Å². The quantitative estimate of drug-likeness (QED) is 0.452. The van der Waals surface area contributed by atoms with Crippen molar-refractivity contribution in [3.05, 3.63) is 46.0 Å². The second-order valence-corrected chi connectivity index (χ2v) is 11.2. The van der Waals surface area contributed by atoms with Gasteiger partial charge in [0.2, 0.25) is 5.43 Å². The lowest BCUT2D eigenvalue weighted by Gasteiger charge is -2.43. The number of pyridine rings is 1. The number of thiocarbonyl (C=S) groups is 1. The molecule has 37 heavy (non-hydrogen) atoms. The van der Waals surface area contributed by atoms with E-state index >= 15 is 4.39 Å². The van der Waals surface area contributed by atoms with E-state index in [2.05, 4.69) is 29.3 Å². The SMILES string of the molecule is COc1c(N2CCN(C(=S)N[C@H]3C[C@H]4C=C[C@H]3C4)[C@@H](C)C2)c(F)cc2c(=O)c(C(=O)O)cn(C3CC3)c12. The molecule has 2 N–H and O–H groups in total. The van der Waals surface area contributed by atoms with E-state index in [1.807, 2.05) is 4.90 Å². The van der Waals surface area contributed by atoms with E-state index < -0.39 is 17.2 Å². The number of carboxylic acids is 1. The maximum absolute atomic E-state index is 15.7. The molecule has 10 heteroatoms. The van der Waals surface area contributed by atoms with E-state index in [0.29, 0.717) is 48.7 Å². The van der Waals surface area contributed by atoms with Gasteiger partial charge in [-0.15, -0.1) is 0 Å². The zero-order valence-electron chi connectivity index (χ0n) is 20.9. The van der Waals surface area contributed by atoms with Crippen LogP contribution in [0.15, 0.2) is 29.2 Å². The molecular formula is C27H31FN4O4S. The normalized spacial score (nSPS) is 26.7. The lowest BCUT2D eigenvalue weighted by Crippen LogP contribution is -2.58. The second kappa shape index (κ2) is 9.01. The Morgan fingerprint density at radius 3 is 2.62 bits per heavy atom. The first kappa shape index (κ1) is 24.2. The van der Waals surface area contributed by atoms with Gasteiger partial charge in [-0.1, -0.05) is 12.2 Å². The standard InChI is InChI=1S/C27H31FN4O4S/c1-14-12-30(7-8-31(14)27(37)29-21-10-15-3-4-16(21)9-15)23-20(28)11-18-22(25(23)36-2)32(17-5-6-17)13-19(24(18)33)26(34)35/h3-4,11,13-17,21H,5-10,12H2,1-2H3,(H,29,37)(H,34,35)/t14-,15-,16-,21-/m0/s1. The number of hydrogen-bond acceptors (Lipinski definition) is 5. The number of ether oxygens (including phenoxy) is 1. The third kappa shape index (κ3) is 4.05.